The molecular formula is C11H14S. The van der Waals surface area contributed by atoms with Crippen molar-refractivity contribution in [2.75, 3.05) is 0 Å². The van der Waals surface area contributed by atoms with Crippen molar-refractivity contribution in [2.24, 2.45) is 11.3 Å². The first-order valence-corrected chi connectivity index (χ1v) is 5.79. The monoisotopic (exact) mass is 178 g/mol. The molecule has 2 fully saturated rings. The van der Waals surface area contributed by atoms with Gasteiger partial charge in [-0.3, -0.25) is 0 Å². The van der Waals surface area contributed by atoms with E-state index < -0.39 is 0 Å². The molecule has 0 nitrogen and oxygen atoms in total. The minimum Gasteiger partial charge on any atom is -0.149 e. The van der Waals surface area contributed by atoms with Crippen molar-refractivity contribution in [2.45, 2.75) is 32.1 Å². The molecule has 0 N–H and O–H groups in total. The van der Waals surface area contributed by atoms with Crippen LogP contribution >= 0.6 is 11.3 Å². The average Bonchev–Trinajstić information content (AvgIpc) is 2.92. The van der Waals surface area contributed by atoms with Crippen LogP contribution in [-0.4, -0.2) is 0 Å². The first-order chi connectivity index (χ1) is 5.89. The van der Waals surface area contributed by atoms with Gasteiger partial charge < -0.3 is 0 Å². The maximum atomic E-state index is 2.30. The number of hydrogen-bond donors (Lipinski definition) is 0. The van der Waals surface area contributed by atoms with E-state index in [1.807, 2.05) is 11.3 Å². The Balaban J connectivity index is 1.74. The van der Waals surface area contributed by atoms with Crippen molar-refractivity contribution in [1.29, 1.82) is 0 Å². The van der Waals surface area contributed by atoms with Gasteiger partial charge in [0, 0.05) is 4.88 Å². The third-order valence-electron chi connectivity index (χ3n) is 3.44. The topological polar surface area (TPSA) is 0 Å². The molecule has 1 heterocycles. The lowest BCUT2D eigenvalue weighted by atomic mass is 9.95. The fourth-order valence-corrected chi connectivity index (χ4v) is 3.21. The molecule has 2 aliphatic carbocycles. The van der Waals surface area contributed by atoms with Crippen molar-refractivity contribution in [3.8, 4) is 0 Å². The van der Waals surface area contributed by atoms with Gasteiger partial charge in [-0.15, -0.1) is 11.3 Å². The molecule has 0 radical (unpaired) electrons. The summed E-state index contributed by atoms with van der Waals surface area (Å²) in [5, 5.41) is 2.21. The fraction of sp³-hybridized carbons (Fsp3) is 0.636. The Morgan fingerprint density at radius 2 is 2.25 bits per heavy atom. The van der Waals surface area contributed by atoms with E-state index in [4.69, 9.17) is 0 Å². The van der Waals surface area contributed by atoms with E-state index in [2.05, 4.69) is 17.5 Å². The Kier molecular flexibility index (Phi) is 1.40. The highest BCUT2D eigenvalue weighted by atomic mass is 32.1. The van der Waals surface area contributed by atoms with Gasteiger partial charge in [0.15, 0.2) is 0 Å². The minimum absolute atomic E-state index is 0.796. The second-order valence-electron chi connectivity index (χ2n) is 4.39. The molecule has 1 aromatic heterocycles. The lowest BCUT2D eigenvalue weighted by Crippen LogP contribution is -2.05. The predicted molar refractivity (Wildman–Crippen MR) is 52.4 cm³/mol. The zero-order valence-electron chi connectivity index (χ0n) is 7.25. The number of hydrogen-bond acceptors (Lipinski definition) is 1. The van der Waals surface area contributed by atoms with Gasteiger partial charge in [-0.2, -0.15) is 0 Å². The highest BCUT2D eigenvalue weighted by molar-refractivity contribution is 7.09. The van der Waals surface area contributed by atoms with E-state index >= 15 is 0 Å². The zero-order valence-corrected chi connectivity index (χ0v) is 8.07. The molecule has 2 saturated carbocycles. The molecule has 0 unspecified atom stereocenters. The van der Waals surface area contributed by atoms with Crippen molar-refractivity contribution in [3.05, 3.63) is 22.4 Å². The SMILES string of the molecule is c1csc(CC2(C3CC3)CC2)c1. The van der Waals surface area contributed by atoms with Gasteiger partial charge in [-0.05, 0) is 54.9 Å². The van der Waals surface area contributed by atoms with E-state index in [9.17, 15) is 0 Å². The molecule has 1 heteroatoms. The lowest BCUT2D eigenvalue weighted by molar-refractivity contribution is 0.440. The van der Waals surface area contributed by atoms with Gasteiger partial charge in [-0.25, -0.2) is 0 Å². The molecule has 0 atom stereocenters. The van der Waals surface area contributed by atoms with E-state index in [1.54, 1.807) is 4.88 Å². The van der Waals surface area contributed by atoms with E-state index in [0.29, 0.717) is 0 Å². The van der Waals surface area contributed by atoms with Crippen LogP contribution < -0.4 is 0 Å². The first kappa shape index (κ1) is 7.14. The third-order valence-corrected chi connectivity index (χ3v) is 4.32. The van der Waals surface area contributed by atoms with Gasteiger partial charge in [-0.1, -0.05) is 6.07 Å². The summed E-state index contributed by atoms with van der Waals surface area (Å²) < 4.78 is 0. The minimum atomic E-state index is 0.796. The van der Waals surface area contributed by atoms with Crippen LogP contribution in [-0.2, 0) is 6.42 Å². The predicted octanol–water partition coefficient (Wildman–Crippen LogP) is 3.48. The molecule has 1 aromatic rings. The molecule has 0 saturated heterocycles. The lowest BCUT2D eigenvalue weighted by Gasteiger charge is -2.11. The van der Waals surface area contributed by atoms with E-state index in [-0.39, 0.29) is 0 Å². The summed E-state index contributed by atoms with van der Waals surface area (Å²) in [6.45, 7) is 0. The second-order valence-corrected chi connectivity index (χ2v) is 5.43. The van der Waals surface area contributed by atoms with Crippen LogP contribution in [0.5, 0.6) is 0 Å². The largest absolute Gasteiger partial charge is 0.149 e. The van der Waals surface area contributed by atoms with Crippen LogP contribution in [0.2, 0.25) is 0 Å². The zero-order chi connectivity index (χ0) is 8.02. The summed E-state index contributed by atoms with van der Waals surface area (Å²) in [6, 6.07) is 4.48. The molecule has 2 aliphatic rings. The molecule has 0 spiro atoms. The Morgan fingerprint density at radius 3 is 2.75 bits per heavy atom. The van der Waals surface area contributed by atoms with Crippen LogP contribution in [0.15, 0.2) is 17.5 Å². The number of rotatable bonds is 3. The smallest absolute Gasteiger partial charge is 0.00508 e. The van der Waals surface area contributed by atoms with Gasteiger partial charge in [0.1, 0.15) is 0 Å². The summed E-state index contributed by atoms with van der Waals surface area (Å²) in [5.41, 5.74) is 0.796. The highest BCUT2D eigenvalue weighted by Gasteiger charge is 2.53. The molecule has 64 valence electrons. The quantitative estimate of drug-likeness (QED) is 0.664. The summed E-state index contributed by atoms with van der Waals surface area (Å²) in [7, 11) is 0. The Hall–Kier alpha value is -0.300. The molecule has 0 amide bonds. The van der Waals surface area contributed by atoms with Gasteiger partial charge in [0.2, 0.25) is 0 Å². The second kappa shape index (κ2) is 2.35. The summed E-state index contributed by atoms with van der Waals surface area (Å²) in [6.07, 6.45) is 7.44. The average molecular weight is 178 g/mol. The Bertz CT molecular complexity index is 265. The van der Waals surface area contributed by atoms with Gasteiger partial charge in [0.05, 0.1) is 0 Å². The number of thiophene rings is 1. The van der Waals surface area contributed by atoms with Crippen LogP contribution in [0.25, 0.3) is 0 Å². The van der Waals surface area contributed by atoms with Crippen LogP contribution in [0.1, 0.15) is 30.6 Å². The van der Waals surface area contributed by atoms with Crippen LogP contribution in [0, 0.1) is 11.3 Å². The van der Waals surface area contributed by atoms with Crippen molar-refractivity contribution in [3.63, 3.8) is 0 Å². The summed E-state index contributed by atoms with van der Waals surface area (Å²) in [4.78, 5) is 1.61. The summed E-state index contributed by atoms with van der Waals surface area (Å²) in [5.74, 6) is 1.11. The van der Waals surface area contributed by atoms with Gasteiger partial charge >= 0.3 is 0 Å². The van der Waals surface area contributed by atoms with Crippen molar-refractivity contribution in [1.82, 2.24) is 0 Å². The molecule has 3 rings (SSSR count). The van der Waals surface area contributed by atoms with E-state index in [0.717, 1.165) is 11.3 Å². The molecule has 0 aliphatic heterocycles. The maximum Gasteiger partial charge on any atom is 0.00508 e. The van der Waals surface area contributed by atoms with Crippen molar-refractivity contribution >= 4 is 11.3 Å². The van der Waals surface area contributed by atoms with Crippen LogP contribution in [0.4, 0.5) is 0 Å². The fourth-order valence-electron chi connectivity index (χ4n) is 2.35. The van der Waals surface area contributed by atoms with Crippen LogP contribution in [0.3, 0.4) is 0 Å². The molecule has 0 bridgehead atoms. The molecule has 12 heavy (non-hydrogen) atoms. The normalized spacial score (nSPS) is 25.7. The highest BCUT2D eigenvalue weighted by Crippen LogP contribution is 2.63. The maximum absolute atomic E-state index is 2.30. The first-order valence-electron chi connectivity index (χ1n) is 4.91. The Morgan fingerprint density at radius 1 is 1.42 bits per heavy atom. The van der Waals surface area contributed by atoms with Gasteiger partial charge in [0.25, 0.3) is 0 Å². The molecular weight excluding hydrogens is 164 g/mol. The third kappa shape index (κ3) is 1.11. The summed E-state index contributed by atoms with van der Waals surface area (Å²) >= 11 is 1.93. The Labute approximate surface area is 77.6 Å². The van der Waals surface area contributed by atoms with E-state index in [1.165, 1.54) is 32.1 Å². The van der Waals surface area contributed by atoms with Crippen molar-refractivity contribution < 1.29 is 0 Å². The molecule has 0 aromatic carbocycles. The standard InChI is InChI=1S/C11H14S/c1-2-10(12-7-1)8-11(5-6-11)9-3-4-9/h1-2,7,9H,3-6,8H2.